The van der Waals surface area contributed by atoms with Gasteiger partial charge in [-0.2, -0.15) is 0 Å². The van der Waals surface area contributed by atoms with Crippen LogP contribution in [0.2, 0.25) is 0 Å². The highest BCUT2D eigenvalue weighted by Crippen LogP contribution is 2.07. The van der Waals surface area contributed by atoms with Crippen LogP contribution in [0.15, 0.2) is 17.4 Å². The number of aryl methyl sites for hydroxylation is 1. The number of carbonyl (C=O) groups excluding carboxylic acids is 1. The number of nitrogens with zero attached hydrogens (tertiary/aromatic N) is 3. The minimum atomic E-state index is -0.774. The molecule has 0 radical (unpaired) electrons. The van der Waals surface area contributed by atoms with Crippen LogP contribution in [0.25, 0.3) is 11.2 Å². The molecule has 0 atom stereocenters. The number of fused-ring (bicyclic) bond motifs is 1. The summed E-state index contributed by atoms with van der Waals surface area (Å²) in [7, 11) is 0. The second-order valence-corrected chi connectivity index (χ2v) is 4.30. The van der Waals surface area contributed by atoms with Crippen molar-refractivity contribution in [2.45, 2.75) is 25.8 Å². The lowest BCUT2D eigenvalue weighted by atomic mass is 10.2. The van der Waals surface area contributed by atoms with Gasteiger partial charge in [-0.15, -0.1) is 0 Å². The molecule has 19 heavy (non-hydrogen) atoms. The molecule has 102 valence electrons. The van der Waals surface area contributed by atoms with E-state index in [-0.39, 0.29) is 5.56 Å². The Morgan fingerprint density at radius 3 is 3.00 bits per heavy atom. The second kappa shape index (κ2) is 6.33. The Morgan fingerprint density at radius 1 is 1.37 bits per heavy atom. The maximum atomic E-state index is 11.4. The summed E-state index contributed by atoms with van der Waals surface area (Å²) in [6, 6.07) is 0. The molecule has 2 rings (SSSR count). The lowest BCUT2D eigenvalue weighted by molar-refractivity contribution is 0.170. The summed E-state index contributed by atoms with van der Waals surface area (Å²) >= 11 is 5.04. The fourth-order valence-electron chi connectivity index (χ4n) is 1.77. The van der Waals surface area contributed by atoms with Crippen LogP contribution in [0.1, 0.15) is 19.3 Å². The standard InChI is InChI=1S/C11H13ClN4O3/c12-11(18)19-5-3-1-2-4-16-7-15-8-9(16)13-6-14-10(8)17/h6-7H,1-5H2,(H,13,14,17). The summed E-state index contributed by atoms with van der Waals surface area (Å²) in [4.78, 5) is 32.4. The van der Waals surface area contributed by atoms with Crippen LogP contribution >= 0.6 is 11.6 Å². The number of hydrogen-bond donors (Lipinski definition) is 1. The summed E-state index contributed by atoms with van der Waals surface area (Å²) < 4.78 is 6.45. The molecule has 0 aliphatic heterocycles. The van der Waals surface area contributed by atoms with Gasteiger partial charge in [-0.05, 0) is 19.3 Å². The van der Waals surface area contributed by atoms with Crippen LogP contribution in [0, 0.1) is 0 Å². The zero-order valence-corrected chi connectivity index (χ0v) is 10.9. The molecule has 2 heterocycles. The number of aromatic nitrogens is 4. The number of carbonyl (C=O) groups is 1. The largest absolute Gasteiger partial charge is 0.454 e. The van der Waals surface area contributed by atoms with Gasteiger partial charge >= 0.3 is 5.43 Å². The number of hydrogen-bond acceptors (Lipinski definition) is 5. The zero-order valence-electron chi connectivity index (χ0n) is 10.1. The number of aromatic amines is 1. The lowest BCUT2D eigenvalue weighted by Gasteiger charge is -2.03. The Bertz CT molecular complexity index is 622. The minimum absolute atomic E-state index is 0.238. The van der Waals surface area contributed by atoms with Crippen molar-refractivity contribution in [3.05, 3.63) is 23.0 Å². The average Bonchev–Trinajstić information content (AvgIpc) is 2.78. The minimum Gasteiger partial charge on any atom is -0.454 e. The SMILES string of the molecule is O=C(Cl)OCCCCCn1cnc2c(=O)[nH]cnc21. The van der Waals surface area contributed by atoms with Crippen molar-refractivity contribution in [1.82, 2.24) is 19.5 Å². The van der Waals surface area contributed by atoms with Gasteiger partial charge in [-0.25, -0.2) is 14.8 Å². The maximum absolute atomic E-state index is 11.4. The first-order chi connectivity index (χ1) is 9.18. The third-order valence-corrected chi connectivity index (χ3v) is 2.78. The quantitative estimate of drug-likeness (QED) is 0.643. The van der Waals surface area contributed by atoms with E-state index in [0.29, 0.717) is 24.3 Å². The molecular formula is C11H13ClN4O3. The first kappa shape index (κ1) is 13.5. The highest BCUT2D eigenvalue weighted by molar-refractivity contribution is 6.61. The van der Waals surface area contributed by atoms with E-state index in [2.05, 4.69) is 19.7 Å². The van der Waals surface area contributed by atoms with Crippen molar-refractivity contribution in [2.75, 3.05) is 6.61 Å². The zero-order chi connectivity index (χ0) is 13.7. The smallest absolute Gasteiger partial charge is 0.403 e. The van der Waals surface area contributed by atoms with Crippen LogP contribution in [-0.4, -0.2) is 31.6 Å². The second-order valence-electron chi connectivity index (χ2n) is 3.99. The van der Waals surface area contributed by atoms with Crippen molar-refractivity contribution < 1.29 is 9.53 Å². The fraction of sp³-hybridized carbons (Fsp3) is 0.455. The van der Waals surface area contributed by atoms with Gasteiger partial charge in [0.1, 0.15) is 0 Å². The molecule has 0 bridgehead atoms. The molecule has 0 aromatic carbocycles. The number of imidazole rings is 1. The fourth-order valence-corrected chi connectivity index (χ4v) is 1.85. The Balaban J connectivity index is 1.84. The van der Waals surface area contributed by atoms with Gasteiger partial charge in [0.15, 0.2) is 11.2 Å². The first-order valence-electron chi connectivity index (χ1n) is 5.89. The van der Waals surface area contributed by atoms with E-state index >= 15 is 0 Å². The van der Waals surface area contributed by atoms with Crippen molar-refractivity contribution in [3.63, 3.8) is 0 Å². The van der Waals surface area contributed by atoms with E-state index in [9.17, 15) is 9.59 Å². The number of ether oxygens (including phenoxy) is 1. The Hall–Kier alpha value is -1.89. The predicted molar refractivity (Wildman–Crippen MR) is 69.2 cm³/mol. The summed E-state index contributed by atoms with van der Waals surface area (Å²) in [5, 5.41) is 0. The Morgan fingerprint density at radius 2 is 2.21 bits per heavy atom. The molecule has 0 amide bonds. The summed E-state index contributed by atoms with van der Waals surface area (Å²) in [5.41, 5.74) is -0.0868. The molecule has 0 spiro atoms. The van der Waals surface area contributed by atoms with Crippen LogP contribution in [0.5, 0.6) is 0 Å². The molecule has 0 saturated carbocycles. The average molecular weight is 285 g/mol. The van der Waals surface area contributed by atoms with Gasteiger partial charge in [0, 0.05) is 18.1 Å². The number of halogens is 1. The van der Waals surface area contributed by atoms with Gasteiger partial charge in [0.25, 0.3) is 5.56 Å². The number of rotatable bonds is 6. The first-order valence-corrected chi connectivity index (χ1v) is 6.27. The molecule has 0 saturated heterocycles. The molecule has 8 heteroatoms. The molecule has 0 unspecified atom stereocenters. The monoisotopic (exact) mass is 284 g/mol. The maximum Gasteiger partial charge on any atom is 0.403 e. The number of unbranched alkanes of at least 4 members (excludes halogenated alkanes) is 2. The van der Waals surface area contributed by atoms with E-state index in [0.717, 1.165) is 19.3 Å². The Labute approximate surface area is 113 Å². The molecular weight excluding hydrogens is 272 g/mol. The van der Waals surface area contributed by atoms with E-state index < -0.39 is 5.43 Å². The van der Waals surface area contributed by atoms with Gasteiger partial charge in [-0.3, -0.25) is 4.79 Å². The van der Waals surface area contributed by atoms with Gasteiger partial charge < -0.3 is 14.3 Å². The highest BCUT2D eigenvalue weighted by atomic mass is 35.5. The van der Waals surface area contributed by atoms with E-state index in [1.54, 1.807) is 6.33 Å². The molecule has 0 fully saturated rings. The predicted octanol–water partition coefficient (Wildman–Crippen LogP) is 1.67. The van der Waals surface area contributed by atoms with E-state index in [1.165, 1.54) is 6.33 Å². The third kappa shape index (κ3) is 3.54. The molecule has 0 aliphatic rings. The van der Waals surface area contributed by atoms with E-state index in [4.69, 9.17) is 11.6 Å². The summed E-state index contributed by atoms with van der Waals surface area (Å²) in [6.45, 7) is 1.03. The van der Waals surface area contributed by atoms with Crippen LogP contribution < -0.4 is 5.56 Å². The number of H-pyrrole nitrogens is 1. The van der Waals surface area contributed by atoms with E-state index in [1.807, 2.05) is 4.57 Å². The summed E-state index contributed by atoms with van der Waals surface area (Å²) in [5.74, 6) is 0. The third-order valence-electron chi connectivity index (χ3n) is 2.67. The Kier molecular flexibility index (Phi) is 4.51. The van der Waals surface area contributed by atoms with Gasteiger partial charge in [0.2, 0.25) is 0 Å². The van der Waals surface area contributed by atoms with Crippen molar-refractivity contribution in [3.8, 4) is 0 Å². The van der Waals surface area contributed by atoms with Gasteiger partial charge in [0.05, 0.1) is 19.3 Å². The van der Waals surface area contributed by atoms with Crippen molar-refractivity contribution in [1.29, 1.82) is 0 Å². The topological polar surface area (TPSA) is 89.9 Å². The van der Waals surface area contributed by atoms with Crippen molar-refractivity contribution >= 4 is 28.2 Å². The lowest BCUT2D eigenvalue weighted by Crippen LogP contribution is -2.07. The normalized spacial score (nSPS) is 10.8. The number of nitrogens with one attached hydrogen (secondary N) is 1. The van der Waals surface area contributed by atoms with Crippen LogP contribution in [-0.2, 0) is 11.3 Å². The van der Waals surface area contributed by atoms with Crippen LogP contribution in [0.4, 0.5) is 4.79 Å². The molecule has 2 aromatic rings. The van der Waals surface area contributed by atoms with Crippen molar-refractivity contribution in [2.24, 2.45) is 0 Å². The van der Waals surface area contributed by atoms with Gasteiger partial charge in [-0.1, -0.05) is 0 Å². The highest BCUT2D eigenvalue weighted by Gasteiger charge is 2.06. The molecule has 7 nitrogen and oxygen atoms in total. The molecule has 2 aromatic heterocycles. The molecule has 0 aliphatic carbocycles. The molecule has 1 N–H and O–H groups in total. The van der Waals surface area contributed by atoms with Crippen LogP contribution in [0.3, 0.4) is 0 Å². The summed E-state index contributed by atoms with van der Waals surface area (Å²) in [6.07, 6.45) is 5.47.